The van der Waals surface area contributed by atoms with Gasteiger partial charge in [0.1, 0.15) is 0 Å². The number of aryl methyl sites for hydroxylation is 1. The molecule has 3 aromatic rings. The van der Waals surface area contributed by atoms with Crippen LogP contribution in [0.4, 0.5) is 0 Å². The molecule has 114 valence electrons. The van der Waals surface area contributed by atoms with E-state index >= 15 is 0 Å². The number of carbonyl (C=O) groups is 1. The number of hydrogen-bond acceptors (Lipinski definition) is 3. The molecule has 0 aliphatic rings. The number of rotatable bonds is 3. The fourth-order valence-corrected chi connectivity index (χ4v) is 2.74. The smallest absolute Gasteiger partial charge is 0.233 e. The van der Waals surface area contributed by atoms with Crippen molar-refractivity contribution in [3.05, 3.63) is 42.2 Å². The summed E-state index contributed by atoms with van der Waals surface area (Å²) in [5.41, 5.74) is 9.76. The van der Waals surface area contributed by atoms with Crippen LogP contribution in [-0.2, 0) is 13.6 Å². The maximum Gasteiger partial charge on any atom is 0.233 e. The van der Waals surface area contributed by atoms with Crippen molar-refractivity contribution >= 4 is 16.8 Å². The van der Waals surface area contributed by atoms with Gasteiger partial charge in [0.15, 0.2) is 0 Å². The Morgan fingerprint density at radius 1 is 1.32 bits per heavy atom. The molecule has 2 aromatic heterocycles. The second-order valence-electron chi connectivity index (χ2n) is 5.79. The molecule has 0 unspecified atom stereocenters. The molecule has 0 atom stereocenters. The number of carbonyl (C=O) groups excluding carboxylic acids is 1. The van der Waals surface area contributed by atoms with Crippen molar-refractivity contribution in [3.63, 3.8) is 0 Å². The van der Waals surface area contributed by atoms with E-state index in [1.807, 2.05) is 56.0 Å². The zero-order valence-electron chi connectivity index (χ0n) is 13.1. The molecule has 0 fully saturated rings. The fraction of sp³-hybridized carbons (Fsp3) is 0.294. The molecule has 5 nitrogen and oxygen atoms in total. The molecule has 2 heterocycles. The molecular formula is C17H20N4O. The molecule has 0 saturated carbocycles. The van der Waals surface area contributed by atoms with Gasteiger partial charge in [-0.1, -0.05) is 26.0 Å². The molecule has 0 amide bonds. The first-order valence-corrected chi connectivity index (χ1v) is 7.39. The molecule has 1 aromatic carbocycles. The summed E-state index contributed by atoms with van der Waals surface area (Å²) in [7, 11) is 1.91. The van der Waals surface area contributed by atoms with Crippen LogP contribution in [0.25, 0.3) is 22.2 Å². The third-order valence-corrected chi connectivity index (χ3v) is 3.96. The van der Waals surface area contributed by atoms with Crippen LogP contribution >= 0.6 is 0 Å². The number of fused-ring (bicyclic) bond motifs is 1. The van der Waals surface area contributed by atoms with Crippen LogP contribution in [0.15, 0.2) is 36.7 Å². The van der Waals surface area contributed by atoms with Crippen LogP contribution in [0.2, 0.25) is 0 Å². The molecule has 3 rings (SSSR count). The van der Waals surface area contributed by atoms with Crippen molar-refractivity contribution < 1.29 is 4.79 Å². The molecule has 2 N–H and O–H groups in total. The van der Waals surface area contributed by atoms with E-state index in [1.165, 1.54) is 0 Å². The first-order valence-electron chi connectivity index (χ1n) is 7.39. The Morgan fingerprint density at radius 3 is 2.68 bits per heavy atom. The van der Waals surface area contributed by atoms with Crippen molar-refractivity contribution in [2.24, 2.45) is 18.7 Å². The molecule has 0 saturated heterocycles. The largest absolute Gasteiger partial charge is 0.326 e. The first-order chi connectivity index (χ1) is 10.5. The Balaban J connectivity index is 2.24. The van der Waals surface area contributed by atoms with E-state index in [9.17, 15) is 4.79 Å². The third-order valence-electron chi connectivity index (χ3n) is 3.96. The zero-order valence-corrected chi connectivity index (χ0v) is 13.1. The SMILES string of the molecule is CC(C)C(=O)n1cc(CN)c2ccc(-c3ccnn3C)cc21. The summed E-state index contributed by atoms with van der Waals surface area (Å²) in [6, 6.07) is 8.07. The number of nitrogens with two attached hydrogens (primary N) is 1. The van der Waals surface area contributed by atoms with Crippen LogP contribution in [-0.4, -0.2) is 20.3 Å². The van der Waals surface area contributed by atoms with Gasteiger partial charge < -0.3 is 5.73 Å². The van der Waals surface area contributed by atoms with Crippen molar-refractivity contribution in [2.75, 3.05) is 0 Å². The number of benzene rings is 1. The Morgan fingerprint density at radius 2 is 2.09 bits per heavy atom. The molecule has 0 aliphatic carbocycles. The van der Waals surface area contributed by atoms with E-state index in [4.69, 9.17) is 5.73 Å². The predicted octanol–water partition coefficient (Wildman–Crippen LogP) is 2.80. The van der Waals surface area contributed by atoms with Gasteiger partial charge in [-0.2, -0.15) is 5.10 Å². The van der Waals surface area contributed by atoms with Crippen molar-refractivity contribution in [1.29, 1.82) is 0 Å². The molecule has 0 radical (unpaired) electrons. The highest BCUT2D eigenvalue weighted by Crippen LogP contribution is 2.28. The maximum absolute atomic E-state index is 12.5. The van der Waals surface area contributed by atoms with Crippen molar-refractivity contribution in [2.45, 2.75) is 20.4 Å². The van der Waals surface area contributed by atoms with Gasteiger partial charge in [0, 0.05) is 42.9 Å². The fourth-order valence-electron chi connectivity index (χ4n) is 2.74. The summed E-state index contributed by atoms with van der Waals surface area (Å²) in [6.07, 6.45) is 3.63. The molecule has 22 heavy (non-hydrogen) atoms. The van der Waals surface area contributed by atoms with Crippen molar-refractivity contribution in [1.82, 2.24) is 14.3 Å². The van der Waals surface area contributed by atoms with Crippen LogP contribution < -0.4 is 5.73 Å². The molecule has 0 spiro atoms. The molecule has 0 aliphatic heterocycles. The van der Waals surface area contributed by atoms with Gasteiger partial charge in [0.05, 0.1) is 11.2 Å². The van der Waals surface area contributed by atoms with Gasteiger partial charge in [-0.15, -0.1) is 0 Å². The lowest BCUT2D eigenvalue weighted by Gasteiger charge is -2.08. The van der Waals surface area contributed by atoms with E-state index in [0.717, 1.165) is 27.7 Å². The van der Waals surface area contributed by atoms with E-state index in [-0.39, 0.29) is 11.8 Å². The van der Waals surface area contributed by atoms with Gasteiger partial charge in [0.2, 0.25) is 5.91 Å². The minimum absolute atomic E-state index is 0.0680. The monoisotopic (exact) mass is 296 g/mol. The van der Waals surface area contributed by atoms with Gasteiger partial charge in [-0.05, 0) is 17.7 Å². The van der Waals surface area contributed by atoms with Crippen LogP contribution in [0.3, 0.4) is 0 Å². The topological polar surface area (TPSA) is 65.8 Å². The van der Waals surface area contributed by atoms with Gasteiger partial charge in [0.25, 0.3) is 0 Å². The summed E-state index contributed by atoms with van der Waals surface area (Å²) in [4.78, 5) is 12.5. The highest BCUT2D eigenvalue weighted by atomic mass is 16.2. The standard InChI is InChI=1S/C17H20N4O/c1-11(2)17(22)21-10-13(9-18)14-5-4-12(8-16(14)21)15-6-7-19-20(15)3/h4-8,10-11H,9,18H2,1-3H3. The Hall–Kier alpha value is -2.40. The third kappa shape index (κ3) is 2.23. The lowest BCUT2D eigenvalue weighted by Crippen LogP contribution is -2.15. The van der Waals surface area contributed by atoms with Crippen molar-refractivity contribution in [3.8, 4) is 11.3 Å². The molecule has 0 bridgehead atoms. The highest BCUT2D eigenvalue weighted by Gasteiger charge is 2.16. The van der Waals surface area contributed by atoms with Gasteiger partial charge >= 0.3 is 0 Å². The Bertz CT molecular complexity index is 842. The number of aromatic nitrogens is 3. The Kier molecular flexibility index (Phi) is 3.58. The van der Waals surface area contributed by atoms with E-state index in [0.29, 0.717) is 6.54 Å². The lowest BCUT2D eigenvalue weighted by molar-refractivity contribution is 0.0860. The van der Waals surface area contributed by atoms with E-state index in [1.54, 1.807) is 10.8 Å². The minimum Gasteiger partial charge on any atom is -0.326 e. The molecule has 5 heteroatoms. The second-order valence-corrected chi connectivity index (χ2v) is 5.79. The van der Waals surface area contributed by atoms with Crippen LogP contribution in [0.1, 0.15) is 24.2 Å². The minimum atomic E-state index is -0.0680. The highest BCUT2D eigenvalue weighted by molar-refractivity contribution is 5.97. The van der Waals surface area contributed by atoms with Gasteiger partial charge in [-0.3, -0.25) is 14.0 Å². The second kappa shape index (κ2) is 5.42. The summed E-state index contributed by atoms with van der Waals surface area (Å²) >= 11 is 0. The van der Waals surface area contributed by atoms with Crippen LogP contribution in [0.5, 0.6) is 0 Å². The normalized spacial score (nSPS) is 11.5. The predicted molar refractivity (Wildman–Crippen MR) is 87.5 cm³/mol. The number of nitrogens with zero attached hydrogens (tertiary/aromatic N) is 3. The average Bonchev–Trinajstić information content (AvgIpc) is 3.09. The van der Waals surface area contributed by atoms with E-state index < -0.39 is 0 Å². The van der Waals surface area contributed by atoms with Crippen LogP contribution in [0, 0.1) is 5.92 Å². The quantitative estimate of drug-likeness (QED) is 0.808. The van der Waals surface area contributed by atoms with Gasteiger partial charge in [-0.25, -0.2) is 0 Å². The Labute approximate surface area is 129 Å². The maximum atomic E-state index is 12.5. The van der Waals surface area contributed by atoms with E-state index in [2.05, 4.69) is 5.10 Å². The summed E-state index contributed by atoms with van der Waals surface area (Å²) < 4.78 is 3.55. The number of hydrogen-bond donors (Lipinski definition) is 1. The summed E-state index contributed by atoms with van der Waals surface area (Å²) in [6.45, 7) is 4.22. The summed E-state index contributed by atoms with van der Waals surface area (Å²) in [5, 5.41) is 5.23. The first kappa shape index (κ1) is 14.5. The molecular weight excluding hydrogens is 276 g/mol. The average molecular weight is 296 g/mol. The zero-order chi connectivity index (χ0) is 15.9. The lowest BCUT2D eigenvalue weighted by atomic mass is 10.1. The summed E-state index contributed by atoms with van der Waals surface area (Å²) in [5.74, 6) is 0.00781.